The molecule has 6 aromatic rings. The Bertz CT molecular complexity index is 4710. The van der Waals surface area contributed by atoms with Gasteiger partial charge < -0.3 is 81.1 Å². The molecule has 4 saturated heterocycles. The standard InChI is InChI=1S/C42H52F2N10O7.C42H53FN10O7/c1-27(2)46-13-15-61-17-16-60-14-10-37(55)47-11-12-48-39(57)29-8-6-28(7-9-29)36-25-53(51-50-36)23-31-5-3-4-30-22-52(24-34(30)31)38(56)19-32-18-35(49-40(32)58)41(59)54-26-42(43,44)20-33(54)21-45;1-27(2)45-13-15-60-17-16-59-14-10-38(54)46-11-12-47-40(56)29-8-6-28(7-9-29)37-26-52(50-49-37)23-31-5-3-4-30-22-51(25-35(30)31)39(55)19-32-18-36(48-41(32)57)42(58)53-24-33(43)20-34(53)21-44/h3-9,25,27,32-33,35,46H,10-20,22-24,26H2,1-2H3,(H,47,55)(H,48,57)(H,49,58);3-9,26-27,32-34,36,45H,10-20,22-25H2,1-2H3,(H,46,54)(H,47,56)(H,48,57)/t32-,33-,35-;32-,33-,34-,36-/m00/s1. The summed E-state index contributed by atoms with van der Waals surface area (Å²) in [7, 11) is 0. The summed E-state index contributed by atoms with van der Waals surface area (Å²) in [4.78, 5) is 133. The largest absolute Gasteiger partial charge is 0.379 e. The second-order valence-electron chi connectivity index (χ2n) is 31.3. The number of carbonyl (C=O) groups is 10. The van der Waals surface area contributed by atoms with E-state index in [-0.39, 0.29) is 126 Å². The Kier molecular flexibility index (Phi) is 32.5. The summed E-state index contributed by atoms with van der Waals surface area (Å²) < 4.78 is 67.0. The van der Waals surface area contributed by atoms with Crippen LogP contribution in [-0.2, 0) is 96.6 Å². The molecule has 8 N–H and O–H groups in total. The summed E-state index contributed by atoms with van der Waals surface area (Å²) in [5.74, 6) is -8.18. The molecule has 6 aliphatic rings. The zero-order valence-electron chi connectivity index (χ0n) is 68.4. The number of benzene rings is 4. The van der Waals surface area contributed by atoms with Crippen molar-refractivity contribution in [1.29, 1.82) is 10.5 Å². The first-order valence-corrected chi connectivity index (χ1v) is 40.9. The van der Waals surface area contributed by atoms with Crippen LogP contribution in [0.4, 0.5) is 13.2 Å². The first-order chi connectivity index (χ1) is 58.3. The molecule has 8 heterocycles. The lowest BCUT2D eigenvalue weighted by molar-refractivity contribution is -0.136. The van der Waals surface area contributed by atoms with Gasteiger partial charge in [-0.15, -0.1) is 10.2 Å². The molecular weight excluding hydrogens is 1570 g/mol. The van der Waals surface area contributed by atoms with Crippen LogP contribution in [0.1, 0.15) is 133 Å². The Labute approximate surface area is 699 Å². The van der Waals surface area contributed by atoms with Gasteiger partial charge >= 0.3 is 0 Å². The first kappa shape index (κ1) is 90.2. The Balaban J connectivity index is 0.000000236. The summed E-state index contributed by atoms with van der Waals surface area (Å²) in [6, 6.07) is 26.0. The van der Waals surface area contributed by atoms with Crippen LogP contribution in [-0.4, -0.2) is 262 Å². The van der Waals surface area contributed by atoms with Crippen LogP contribution < -0.4 is 42.5 Å². The van der Waals surface area contributed by atoms with Crippen LogP contribution in [0, 0.1) is 34.5 Å². The summed E-state index contributed by atoms with van der Waals surface area (Å²) >= 11 is 0. The first-order valence-electron chi connectivity index (χ1n) is 40.9. The molecule has 37 heteroatoms. The highest BCUT2D eigenvalue weighted by atomic mass is 19.3. The smallest absolute Gasteiger partial charge is 0.268 e. The van der Waals surface area contributed by atoms with Gasteiger partial charge in [0.2, 0.25) is 47.3 Å². The van der Waals surface area contributed by atoms with Gasteiger partial charge in [-0.25, -0.2) is 22.5 Å². The van der Waals surface area contributed by atoms with Crippen molar-refractivity contribution >= 4 is 59.1 Å². The maximum Gasteiger partial charge on any atom is 0.268 e. The van der Waals surface area contributed by atoms with Crippen LogP contribution in [0.5, 0.6) is 0 Å². The fourth-order valence-corrected chi connectivity index (χ4v) is 15.1. The van der Waals surface area contributed by atoms with E-state index in [1.807, 2.05) is 48.7 Å². The van der Waals surface area contributed by atoms with Gasteiger partial charge in [-0.2, -0.15) is 10.5 Å². The minimum absolute atomic E-state index is 0.0203. The van der Waals surface area contributed by atoms with E-state index in [0.717, 1.165) is 62.5 Å². The van der Waals surface area contributed by atoms with Crippen molar-refractivity contribution < 1.29 is 80.1 Å². The number of nitriles is 2. The number of rotatable bonds is 40. The molecule has 7 atom stereocenters. The number of nitrogens with zero attached hydrogens (tertiary/aromatic N) is 12. The molecule has 6 aliphatic heterocycles. The monoisotopic (exact) mass is 1670 g/mol. The lowest BCUT2D eigenvalue weighted by Gasteiger charge is -2.22. The van der Waals surface area contributed by atoms with E-state index in [4.69, 9.17) is 18.9 Å². The van der Waals surface area contributed by atoms with Crippen molar-refractivity contribution in [3.8, 4) is 34.7 Å². The molecule has 121 heavy (non-hydrogen) atoms. The number of alkyl halides is 3. The number of ether oxygens (including phenoxy) is 4. The van der Waals surface area contributed by atoms with E-state index < -0.39 is 84.7 Å². The number of nitrogens with one attached hydrogen (secondary N) is 8. The quantitative estimate of drug-likeness (QED) is 0.0256. The second-order valence-corrected chi connectivity index (χ2v) is 31.3. The van der Waals surface area contributed by atoms with E-state index >= 15 is 0 Å². The number of amides is 10. The molecule has 0 saturated carbocycles. The lowest BCUT2D eigenvalue weighted by Crippen LogP contribution is -2.46. The van der Waals surface area contributed by atoms with Crippen LogP contribution in [0.2, 0.25) is 0 Å². The van der Waals surface area contributed by atoms with Crippen molar-refractivity contribution in [2.24, 2.45) is 11.8 Å². The molecule has 0 aliphatic carbocycles. The molecular formula is C84H105F3N20O14. The highest BCUT2D eigenvalue weighted by molar-refractivity contribution is 5.97. The molecule has 0 unspecified atom stereocenters. The topological polar surface area (TPSA) is 426 Å². The van der Waals surface area contributed by atoms with E-state index in [2.05, 4.69) is 90.9 Å². The SMILES string of the molecule is CC(C)NCCOCCOCCC(=O)NCCNC(=O)c1ccc(-c2cn(Cc3cccc4c3CN(C(=O)C[C@@H]3C[C@@H](C(=O)N5CC(F)(F)C[C@H]5C#N)NC3=O)C4)nn2)cc1.CC(C)NCCOCCOCCC(=O)NCCNC(=O)c1ccc(-c2cn(Cc3cccc4c3CN(C(=O)C[C@@H]3C[C@@H](C(=O)N5C[C@@H](F)C[C@H]5C#N)NC3=O)C4)nn2)cc1. The average Bonchev–Trinajstić information content (AvgIpc) is 1.70. The predicted octanol–water partition coefficient (Wildman–Crippen LogP) is 3.22. The number of hydrogen-bond donors (Lipinski definition) is 8. The van der Waals surface area contributed by atoms with Gasteiger partial charge in [-0.05, 0) is 70.5 Å². The Morgan fingerprint density at radius 1 is 0.529 bits per heavy atom. The van der Waals surface area contributed by atoms with Crippen molar-refractivity contribution in [3.63, 3.8) is 0 Å². The summed E-state index contributed by atoms with van der Waals surface area (Å²) in [5.41, 5.74) is 9.46. The van der Waals surface area contributed by atoms with E-state index in [1.54, 1.807) is 80.0 Å². The minimum atomic E-state index is -3.18. The fourth-order valence-electron chi connectivity index (χ4n) is 15.1. The van der Waals surface area contributed by atoms with Crippen molar-refractivity contribution in [2.75, 3.05) is 105 Å². The highest BCUT2D eigenvalue weighted by Gasteiger charge is 2.51. The minimum Gasteiger partial charge on any atom is -0.379 e. The number of likely N-dealkylation sites (tertiary alicyclic amines) is 2. The van der Waals surface area contributed by atoms with Gasteiger partial charge in [-0.1, -0.05) is 98.8 Å². The predicted molar refractivity (Wildman–Crippen MR) is 431 cm³/mol. The number of halogens is 3. The number of fused-ring (bicyclic) bond motifs is 2. The zero-order valence-corrected chi connectivity index (χ0v) is 68.4. The number of carbonyl (C=O) groups excluding carboxylic acids is 10. The van der Waals surface area contributed by atoms with Crippen LogP contribution in [0.15, 0.2) is 97.3 Å². The van der Waals surface area contributed by atoms with Crippen molar-refractivity contribution in [2.45, 2.75) is 167 Å². The fraction of sp³-hybridized carbons (Fsp3) is 0.524. The number of aromatic nitrogens is 6. The van der Waals surface area contributed by atoms with Crippen LogP contribution in [0.25, 0.3) is 22.5 Å². The number of hydrogen-bond acceptors (Lipinski definition) is 22. The van der Waals surface area contributed by atoms with Gasteiger partial charge in [0.15, 0.2) is 0 Å². The van der Waals surface area contributed by atoms with Gasteiger partial charge in [0.05, 0.1) is 104 Å². The van der Waals surface area contributed by atoms with Gasteiger partial charge in [-0.3, -0.25) is 47.9 Å². The summed E-state index contributed by atoms with van der Waals surface area (Å²) in [6.07, 6.45) is 1.83. The third-order valence-corrected chi connectivity index (χ3v) is 21.5. The molecule has 0 spiro atoms. The maximum absolute atomic E-state index is 13.9. The molecule has 12 rings (SSSR count). The molecule has 2 aromatic heterocycles. The van der Waals surface area contributed by atoms with Crippen molar-refractivity contribution in [1.82, 2.24) is 92.1 Å². The van der Waals surface area contributed by atoms with Gasteiger partial charge in [0.1, 0.15) is 41.7 Å². The van der Waals surface area contributed by atoms with E-state index in [9.17, 15) is 71.6 Å². The molecule has 0 radical (unpaired) electrons. The average molecular weight is 1680 g/mol. The Hall–Kier alpha value is -11.6. The third kappa shape index (κ3) is 25.7. The normalized spacial score (nSPS) is 19.4. The Morgan fingerprint density at radius 2 is 0.950 bits per heavy atom. The molecule has 10 amide bonds. The van der Waals surface area contributed by atoms with E-state index in [1.165, 1.54) is 4.90 Å². The second kappa shape index (κ2) is 43.6. The summed E-state index contributed by atoms with van der Waals surface area (Å²) in [6.45, 7) is 15.6. The van der Waals surface area contributed by atoms with Crippen LogP contribution >= 0.6 is 0 Å². The molecule has 646 valence electrons. The zero-order chi connectivity index (χ0) is 86.1. The lowest BCUT2D eigenvalue weighted by atomic mass is 9.99. The van der Waals surface area contributed by atoms with Gasteiger partial charge in [0.25, 0.3) is 17.7 Å². The highest BCUT2D eigenvalue weighted by Crippen LogP contribution is 2.36. The maximum atomic E-state index is 13.9. The van der Waals surface area contributed by atoms with Gasteiger partial charge in [0, 0.05) is 150 Å². The molecule has 4 aromatic carbocycles. The van der Waals surface area contributed by atoms with Crippen LogP contribution in [0.3, 0.4) is 0 Å². The third-order valence-electron chi connectivity index (χ3n) is 21.5. The summed E-state index contributed by atoms with van der Waals surface area (Å²) in [5, 5.41) is 58.8. The van der Waals surface area contributed by atoms with Crippen molar-refractivity contribution in [3.05, 3.63) is 142 Å². The molecule has 34 nitrogen and oxygen atoms in total. The Morgan fingerprint density at radius 3 is 1.38 bits per heavy atom. The molecule has 0 bridgehead atoms. The molecule has 4 fully saturated rings. The van der Waals surface area contributed by atoms with E-state index in [0.29, 0.717) is 114 Å².